The zero-order valence-electron chi connectivity index (χ0n) is 19.9. The summed E-state index contributed by atoms with van der Waals surface area (Å²) in [6.45, 7) is 7.36. The second kappa shape index (κ2) is 11.0. The van der Waals surface area contributed by atoms with Crippen LogP contribution in [-0.2, 0) is 33.5 Å². The fraction of sp³-hybridized carbons (Fsp3) is 0.407. The standard InChI is InChI=1S/C27H34N2O4/c1-5-32-25(30)24(29-26(31)33-27(2,3)4)18-21-20-15-9-10-16-22(20)28-23(21)17-11-14-19-12-7-6-8-13-19/h6-10,12-13,15-16,24,28H,5,11,14,17-18H2,1-4H3,(H,29,31)/t24-/m0/s1. The molecule has 1 amide bonds. The molecule has 0 aliphatic rings. The van der Waals surface area contributed by atoms with E-state index < -0.39 is 23.7 Å². The van der Waals surface area contributed by atoms with Crippen LogP contribution in [-0.4, -0.2) is 35.3 Å². The van der Waals surface area contributed by atoms with Crippen LogP contribution in [0.3, 0.4) is 0 Å². The van der Waals surface area contributed by atoms with Crippen molar-refractivity contribution in [2.75, 3.05) is 6.61 Å². The summed E-state index contributed by atoms with van der Waals surface area (Å²) < 4.78 is 10.6. The van der Waals surface area contributed by atoms with E-state index in [0.717, 1.165) is 41.4 Å². The fourth-order valence-electron chi connectivity index (χ4n) is 3.91. The number of ether oxygens (including phenoxy) is 2. The van der Waals surface area contributed by atoms with Crippen molar-refractivity contribution in [3.63, 3.8) is 0 Å². The number of alkyl carbamates (subject to hydrolysis) is 1. The summed E-state index contributed by atoms with van der Waals surface area (Å²) in [5.41, 5.74) is 3.75. The van der Waals surface area contributed by atoms with Crippen LogP contribution in [0.1, 0.15) is 50.9 Å². The average Bonchev–Trinajstić information content (AvgIpc) is 3.10. The van der Waals surface area contributed by atoms with Gasteiger partial charge in [0.15, 0.2) is 0 Å². The third-order valence-electron chi connectivity index (χ3n) is 5.31. The van der Waals surface area contributed by atoms with Crippen molar-refractivity contribution in [2.45, 2.75) is 65.0 Å². The van der Waals surface area contributed by atoms with E-state index in [-0.39, 0.29) is 6.61 Å². The van der Waals surface area contributed by atoms with Gasteiger partial charge in [0.05, 0.1) is 6.61 Å². The van der Waals surface area contributed by atoms with Crippen LogP contribution >= 0.6 is 0 Å². The molecule has 0 spiro atoms. The Morgan fingerprint density at radius 2 is 1.70 bits per heavy atom. The molecule has 3 aromatic rings. The molecule has 0 aliphatic carbocycles. The monoisotopic (exact) mass is 450 g/mol. The topological polar surface area (TPSA) is 80.4 Å². The van der Waals surface area contributed by atoms with E-state index in [2.05, 4.69) is 34.6 Å². The van der Waals surface area contributed by atoms with Crippen molar-refractivity contribution in [3.05, 3.63) is 71.4 Å². The molecule has 6 heteroatoms. The van der Waals surface area contributed by atoms with E-state index in [4.69, 9.17) is 9.47 Å². The molecule has 0 aliphatic heterocycles. The van der Waals surface area contributed by atoms with Gasteiger partial charge in [0.2, 0.25) is 0 Å². The number of aromatic nitrogens is 1. The van der Waals surface area contributed by atoms with Gasteiger partial charge in [0.25, 0.3) is 0 Å². The van der Waals surface area contributed by atoms with Gasteiger partial charge in [-0.25, -0.2) is 9.59 Å². The number of H-pyrrole nitrogens is 1. The van der Waals surface area contributed by atoms with Crippen molar-refractivity contribution >= 4 is 23.0 Å². The third kappa shape index (κ3) is 7.11. The van der Waals surface area contributed by atoms with Crippen molar-refractivity contribution in [1.82, 2.24) is 10.3 Å². The van der Waals surface area contributed by atoms with Gasteiger partial charge in [0.1, 0.15) is 11.6 Å². The first-order chi connectivity index (χ1) is 15.8. The highest BCUT2D eigenvalue weighted by atomic mass is 16.6. The molecule has 6 nitrogen and oxygen atoms in total. The maximum atomic E-state index is 12.7. The van der Waals surface area contributed by atoms with E-state index in [1.165, 1.54) is 5.56 Å². The highest BCUT2D eigenvalue weighted by molar-refractivity contribution is 5.87. The van der Waals surface area contributed by atoms with E-state index in [1.54, 1.807) is 27.7 Å². The van der Waals surface area contributed by atoms with E-state index >= 15 is 0 Å². The summed E-state index contributed by atoms with van der Waals surface area (Å²) >= 11 is 0. The lowest BCUT2D eigenvalue weighted by Crippen LogP contribution is -2.45. The van der Waals surface area contributed by atoms with Gasteiger partial charge >= 0.3 is 12.1 Å². The van der Waals surface area contributed by atoms with Gasteiger partial charge in [0, 0.05) is 23.0 Å². The number of fused-ring (bicyclic) bond motifs is 1. The number of para-hydroxylation sites is 1. The molecular weight excluding hydrogens is 416 g/mol. The van der Waals surface area contributed by atoms with Gasteiger partial charge in [-0.05, 0) is 64.2 Å². The summed E-state index contributed by atoms with van der Waals surface area (Å²) in [5, 5.41) is 3.77. The molecule has 0 radical (unpaired) electrons. The van der Waals surface area contributed by atoms with Crippen LogP contribution in [0, 0.1) is 0 Å². The highest BCUT2D eigenvalue weighted by Gasteiger charge is 2.27. The largest absolute Gasteiger partial charge is 0.464 e. The van der Waals surface area contributed by atoms with Gasteiger partial charge in [-0.2, -0.15) is 0 Å². The van der Waals surface area contributed by atoms with Crippen molar-refractivity contribution < 1.29 is 19.1 Å². The zero-order valence-corrected chi connectivity index (χ0v) is 19.9. The van der Waals surface area contributed by atoms with Gasteiger partial charge in [-0.3, -0.25) is 0 Å². The first-order valence-electron chi connectivity index (χ1n) is 11.6. The van der Waals surface area contributed by atoms with Gasteiger partial charge in [-0.1, -0.05) is 48.5 Å². The maximum Gasteiger partial charge on any atom is 0.408 e. The zero-order chi connectivity index (χ0) is 23.8. The van der Waals surface area contributed by atoms with Gasteiger partial charge < -0.3 is 19.8 Å². The quantitative estimate of drug-likeness (QED) is 0.431. The van der Waals surface area contributed by atoms with Crippen molar-refractivity contribution in [1.29, 1.82) is 0 Å². The van der Waals surface area contributed by atoms with Crippen LogP contribution in [0.15, 0.2) is 54.6 Å². The molecule has 33 heavy (non-hydrogen) atoms. The Balaban J connectivity index is 1.82. The van der Waals surface area contributed by atoms with Crippen LogP contribution in [0.2, 0.25) is 0 Å². The second-order valence-electron chi connectivity index (χ2n) is 9.12. The van der Waals surface area contributed by atoms with Crippen LogP contribution in [0.25, 0.3) is 10.9 Å². The lowest BCUT2D eigenvalue weighted by atomic mass is 9.99. The summed E-state index contributed by atoms with van der Waals surface area (Å²) in [7, 11) is 0. The van der Waals surface area contributed by atoms with Crippen molar-refractivity contribution in [3.8, 4) is 0 Å². The number of aryl methyl sites for hydroxylation is 2. The SMILES string of the molecule is CCOC(=O)[C@H](Cc1c(CCCc2ccccc2)[nH]c2ccccc12)NC(=O)OC(C)(C)C. The molecule has 176 valence electrons. The number of esters is 1. The first kappa shape index (κ1) is 24.4. The van der Waals surface area contributed by atoms with Crippen LogP contribution in [0.5, 0.6) is 0 Å². The predicted octanol–water partition coefficient (Wildman–Crippen LogP) is 5.34. The lowest BCUT2D eigenvalue weighted by Gasteiger charge is -2.23. The highest BCUT2D eigenvalue weighted by Crippen LogP contribution is 2.26. The maximum absolute atomic E-state index is 12.7. The van der Waals surface area contributed by atoms with E-state index in [9.17, 15) is 9.59 Å². The number of aromatic amines is 1. The minimum absolute atomic E-state index is 0.239. The number of amides is 1. The molecule has 1 aromatic heterocycles. The number of carbonyl (C=O) groups excluding carboxylic acids is 2. The normalized spacial score (nSPS) is 12.4. The summed E-state index contributed by atoms with van der Waals surface area (Å²) in [5.74, 6) is -0.469. The number of hydrogen-bond acceptors (Lipinski definition) is 4. The summed E-state index contributed by atoms with van der Waals surface area (Å²) in [6.07, 6.45) is 2.45. The minimum atomic E-state index is -0.841. The molecule has 0 saturated carbocycles. The number of nitrogens with one attached hydrogen (secondary N) is 2. The molecule has 1 heterocycles. The third-order valence-corrected chi connectivity index (χ3v) is 5.31. The molecule has 2 N–H and O–H groups in total. The molecule has 3 rings (SSSR count). The van der Waals surface area contributed by atoms with Crippen LogP contribution < -0.4 is 5.32 Å². The van der Waals surface area contributed by atoms with E-state index in [0.29, 0.717) is 6.42 Å². The molecular formula is C27H34N2O4. The Hall–Kier alpha value is -3.28. The summed E-state index contributed by atoms with van der Waals surface area (Å²) in [6, 6.07) is 17.6. The summed E-state index contributed by atoms with van der Waals surface area (Å²) in [4.78, 5) is 28.7. The molecule has 2 aromatic carbocycles. The number of carbonyl (C=O) groups is 2. The predicted molar refractivity (Wildman–Crippen MR) is 130 cm³/mol. The molecule has 1 atom stereocenters. The van der Waals surface area contributed by atoms with Gasteiger partial charge in [-0.15, -0.1) is 0 Å². The number of benzene rings is 2. The van der Waals surface area contributed by atoms with Crippen LogP contribution in [0.4, 0.5) is 4.79 Å². The van der Waals surface area contributed by atoms with E-state index in [1.807, 2.05) is 30.3 Å². The molecule has 0 bridgehead atoms. The fourth-order valence-corrected chi connectivity index (χ4v) is 3.91. The van der Waals surface area contributed by atoms with Crippen molar-refractivity contribution in [2.24, 2.45) is 0 Å². The Morgan fingerprint density at radius 3 is 2.39 bits per heavy atom. The number of hydrogen-bond donors (Lipinski definition) is 2. The molecule has 0 saturated heterocycles. The smallest absolute Gasteiger partial charge is 0.408 e. The average molecular weight is 451 g/mol. The number of rotatable bonds is 9. The second-order valence-corrected chi connectivity index (χ2v) is 9.12. The Morgan fingerprint density at radius 1 is 1.00 bits per heavy atom. The Bertz CT molecular complexity index is 1070. The minimum Gasteiger partial charge on any atom is -0.464 e. The Labute approximate surface area is 195 Å². The molecule has 0 fully saturated rings. The lowest BCUT2D eigenvalue weighted by molar-refractivity contribution is -0.145. The molecule has 0 unspecified atom stereocenters. The first-order valence-corrected chi connectivity index (χ1v) is 11.6. The Kier molecular flexibility index (Phi) is 8.15.